The number of likely N-dealkylation sites (N-methyl/N-ethyl adjacent to an activating group) is 1. The fourth-order valence-corrected chi connectivity index (χ4v) is 2.70. The Bertz CT molecular complexity index is 366. The van der Waals surface area contributed by atoms with Gasteiger partial charge in [-0.2, -0.15) is 0 Å². The van der Waals surface area contributed by atoms with Crippen LogP contribution in [0.1, 0.15) is 58.2 Å². The first kappa shape index (κ1) is 18.2. The van der Waals surface area contributed by atoms with Crippen molar-refractivity contribution in [2.45, 2.75) is 53.5 Å². The summed E-state index contributed by atoms with van der Waals surface area (Å²) in [6.45, 7) is 15.7. The van der Waals surface area contributed by atoms with Crippen molar-refractivity contribution in [3.8, 4) is 0 Å². The third kappa shape index (κ3) is 6.62. The summed E-state index contributed by atoms with van der Waals surface area (Å²) in [6, 6.07) is 9.68. The highest BCUT2D eigenvalue weighted by Gasteiger charge is 2.13. The van der Waals surface area contributed by atoms with E-state index in [0.29, 0.717) is 6.04 Å². The number of nitrogens with zero attached hydrogens (tertiary/aromatic N) is 1. The molecule has 1 rings (SSSR count). The molecule has 1 aromatic rings. The van der Waals surface area contributed by atoms with Crippen molar-refractivity contribution >= 4 is 0 Å². The van der Waals surface area contributed by atoms with Gasteiger partial charge in [0.25, 0.3) is 0 Å². The molecule has 0 amide bonds. The van der Waals surface area contributed by atoms with Crippen molar-refractivity contribution in [2.24, 2.45) is 5.92 Å². The quantitative estimate of drug-likeness (QED) is 0.692. The second kappa shape index (κ2) is 9.97. The molecule has 0 fully saturated rings. The lowest BCUT2D eigenvalue weighted by molar-refractivity contribution is 0.266. The largest absolute Gasteiger partial charge is 0.309 e. The monoisotopic (exact) mass is 290 g/mol. The van der Waals surface area contributed by atoms with Gasteiger partial charge in [0.2, 0.25) is 0 Å². The van der Waals surface area contributed by atoms with E-state index in [1.54, 1.807) is 0 Å². The van der Waals surface area contributed by atoms with Crippen molar-refractivity contribution in [2.75, 3.05) is 26.2 Å². The lowest BCUT2D eigenvalue weighted by Crippen LogP contribution is -2.35. The molecule has 0 aliphatic rings. The van der Waals surface area contributed by atoms with Crippen LogP contribution in [0, 0.1) is 5.92 Å². The highest BCUT2D eigenvalue weighted by Crippen LogP contribution is 2.17. The molecular formula is C19H34N2. The van der Waals surface area contributed by atoms with E-state index in [4.69, 9.17) is 0 Å². The second-order valence-corrected chi connectivity index (χ2v) is 6.33. The minimum absolute atomic E-state index is 0.443. The van der Waals surface area contributed by atoms with Crippen LogP contribution in [-0.4, -0.2) is 31.1 Å². The fraction of sp³-hybridized carbons (Fsp3) is 0.684. The summed E-state index contributed by atoms with van der Waals surface area (Å²) in [5.74, 6) is 0.723. The smallest absolute Gasteiger partial charge is 0.0449 e. The maximum atomic E-state index is 3.70. The predicted molar refractivity (Wildman–Crippen MR) is 93.8 cm³/mol. The van der Waals surface area contributed by atoms with Crippen molar-refractivity contribution in [1.29, 1.82) is 0 Å². The van der Waals surface area contributed by atoms with Gasteiger partial charge in [0.05, 0.1) is 0 Å². The maximum absolute atomic E-state index is 3.70. The molecule has 1 aromatic carbocycles. The van der Waals surface area contributed by atoms with Crippen LogP contribution in [0.25, 0.3) is 0 Å². The zero-order chi connectivity index (χ0) is 15.7. The van der Waals surface area contributed by atoms with Crippen molar-refractivity contribution in [3.05, 3.63) is 35.4 Å². The molecule has 0 saturated carbocycles. The SMILES string of the molecule is CCCNC(CN(CC)CC)c1ccc(CC(C)C)cc1. The summed E-state index contributed by atoms with van der Waals surface area (Å²) in [7, 11) is 0. The Morgan fingerprint density at radius 1 is 1.00 bits per heavy atom. The summed E-state index contributed by atoms with van der Waals surface area (Å²) in [6.07, 6.45) is 2.35. The lowest BCUT2D eigenvalue weighted by Gasteiger charge is -2.26. The van der Waals surface area contributed by atoms with Gasteiger partial charge in [0.1, 0.15) is 0 Å². The van der Waals surface area contributed by atoms with Crippen LogP contribution >= 0.6 is 0 Å². The van der Waals surface area contributed by atoms with Gasteiger partial charge in [-0.3, -0.25) is 0 Å². The van der Waals surface area contributed by atoms with E-state index in [1.807, 2.05) is 0 Å². The molecule has 21 heavy (non-hydrogen) atoms. The highest BCUT2D eigenvalue weighted by atomic mass is 15.1. The maximum Gasteiger partial charge on any atom is 0.0449 e. The molecule has 0 aromatic heterocycles. The van der Waals surface area contributed by atoms with Gasteiger partial charge in [-0.15, -0.1) is 0 Å². The molecule has 0 aliphatic carbocycles. The Kier molecular flexibility index (Phi) is 8.63. The van der Waals surface area contributed by atoms with E-state index in [9.17, 15) is 0 Å². The number of benzene rings is 1. The Morgan fingerprint density at radius 2 is 1.62 bits per heavy atom. The van der Waals surface area contributed by atoms with E-state index in [2.05, 4.69) is 69.1 Å². The van der Waals surface area contributed by atoms with Crippen LogP contribution in [0.5, 0.6) is 0 Å². The van der Waals surface area contributed by atoms with Crippen LogP contribution in [0.2, 0.25) is 0 Å². The first-order valence-corrected chi connectivity index (χ1v) is 8.65. The molecule has 0 heterocycles. The summed E-state index contributed by atoms with van der Waals surface area (Å²) in [5, 5.41) is 3.70. The van der Waals surface area contributed by atoms with Crippen LogP contribution in [0.3, 0.4) is 0 Å². The molecule has 0 bridgehead atoms. The molecule has 1 N–H and O–H groups in total. The van der Waals surface area contributed by atoms with Gasteiger partial charge in [-0.1, -0.05) is 58.9 Å². The van der Waals surface area contributed by atoms with Crippen molar-refractivity contribution < 1.29 is 0 Å². The minimum Gasteiger partial charge on any atom is -0.309 e. The summed E-state index contributed by atoms with van der Waals surface area (Å²) >= 11 is 0. The number of hydrogen-bond acceptors (Lipinski definition) is 2. The number of nitrogens with one attached hydrogen (secondary N) is 1. The molecule has 2 heteroatoms. The Labute approximate surface area is 131 Å². The molecule has 120 valence electrons. The molecular weight excluding hydrogens is 256 g/mol. The zero-order valence-corrected chi connectivity index (χ0v) is 14.7. The molecule has 0 saturated heterocycles. The predicted octanol–water partition coefficient (Wildman–Crippen LogP) is 4.27. The normalized spacial score (nSPS) is 13.1. The van der Waals surface area contributed by atoms with Crippen LogP contribution < -0.4 is 5.32 Å². The number of hydrogen-bond donors (Lipinski definition) is 1. The van der Waals surface area contributed by atoms with Gasteiger partial charge in [-0.05, 0) is 49.5 Å². The molecule has 1 unspecified atom stereocenters. The summed E-state index contributed by atoms with van der Waals surface area (Å²) < 4.78 is 0. The average Bonchev–Trinajstić information content (AvgIpc) is 2.48. The van der Waals surface area contributed by atoms with Gasteiger partial charge in [-0.25, -0.2) is 0 Å². The zero-order valence-electron chi connectivity index (χ0n) is 14.7. The molecule has 0 spiro atoms. The average molecular weight is 290 g/mol. The summed E-state index contributed by atoms with van der Waals surface area (Å²) in [5.41, 5.74) is 2.87. The van der Waals surface area contributed by atoms with E-state index in [0.717, 1.165) is 32.1 Å². The standard InChI is InChI=1S/C19H34N2/c1-6-13-20-19(15-21(7-2)8-3)18-11-9-17(10-12-18)14-16(4)5/h9-12,16,19-20H,6-8,13-15H2,1-5H3. The Balaban J connectivity index is 2.76. The summed E-state index contributed by atoms with van der Waals surface area (Å²) in [4.78, 5) is 2.50. The van der Waals surface area contributed by atoms with Gasteiger partial charge < -0.3 is 10.2 Å². The molecule has 0 aliphatic heterocycles. The van der Waals surface area contributed by atoms with Gasteiger partial charge in [0, 0.05) is 12.6 Å². The Morgan fingerprint density at radius 3 is 2.10 bits per heavy atom. The Hall–Kier alpha value is -0.860. The van der Waals surface area contributed by atoms with Crippen LogP contribution in [0.4, 0.5) is 0 Å². The third-order valence-corrected chi connectivity index (χ3v) is 4.00. The molecule has 1 atom stereocenters. The van der Waals surface area contributed by atoms with E-state index in [1.165, 1.54) is 24.0 Å². The highest BCUT2D eigenvalue weighted by molar-refractivity contribution is 5.25. The van der Waals surface area contributed by atoms with E-state index in [-0.39, 0.29) is 0 Å². The first-order valence-electron chi connectivity index (χ1n) is 8.65. The first-order chi connectivity index (χ1) is 10.1. The number of rotatable bonds is 10. The minimum atomic E-state index is 0.443. The van der Waals surface area contributed by atoms with Gasteiger partial charge in [0.15, 0.2) is 0 Å². The van der Waals surface area contributed by atoms with E-state index >= 15 is 0 Å². The van der Waals surface area contributed by atoms with E-state index < -0.39 is 0 Å². The van der Waals surface area contributed by atoms with Crippen LogP contribution in [-0.2, 0) is 6.42 Å². The van der Waals surface area contributed by atoms with Crippen molar-refractivity contribution in [1.82, 2.24) is 10.2 Å². The second-order valence-electron chi connectivity index (χ2n) is 6.33. The molecule has 0 radical (unpaired) electrons. The van der Waals surface area contributed by atoms with Gasteiger partial charge >= 0.3 is 0 Å². The lowest BCUT2D eigenvalue weighted by atomic mass is 9.99. The third-order valence-electron chi connectivity index (χ3n) is 4.00. The fourth-order valence-electron chi connectivity index (χ4n) is 2.70. The van der Waals surface area contributed by atoms with Crippen molar-refractivity contribution in [3.63, 3.8) is 0 Å². The molecule has 2 nitrogen and oxygen atoms in total. The van der Waals surface area contributed by atoms with Crippen LogP contribution in [0.15, 0.2) is 24.3 Å². The topological polar surface area (TPSA) is 15.3 Å².